The standard InChI is InChI=1S/C22H24FNO5/c1-14(2)12-29-22(27)24-10-9-15-5-3-4-6-17(15)21(24)18-11-16(23)7-8-19(18)28-13-20(25)26/h3-8,11,14,21H,9-10,12-13H2,1-2H3,(H,25,26). The van der Waals surface area contributed by atoms with E-state index in [9.17, 15) is 14.0 Å². The molecule has 0 saturated heterocycles. The zero-order valence-electron chi connectivity index (χ0n) is 16.4. The molecular formula is C22H24FNO5. The summed E-state index contributed by atoms with van der Waals surface area (Å²) in [6.45, 7) is 3.99. The van der Waals surface area contributed by atoms with Gasteiger partial charge in [0, 0.05) is 12.1 Å². The minimum absolute atomic E-state index is 0.179. The van der Waals surface area contributed by atoms with Crippen molar-refractivity contribution in [1.29, 1.82) is 0 Å². The van der Waals surface area contributed by atoms with Crippen LogP contribution in [0.15, 0.2) is 42.5 Å². The predicted molar refractivity (Wildman–Crippen MR) is 104 cm³/mol. The van der Waals surface area contributed by atoms with Gasteiger partial charge in [0.25, 0.3) is 0 Å². The van der Waals surface area contributed by atoms with Crippen LogP contribution in [-0.2, 0) is 16.0 Å². The first-order valence-corrected chi connectivity index (χ1v) is 9.52. The van der Waals surface area contributed by atoms with Gasteiger partial charge >= 0.3 is 12.1 Å². The first-order valence-electron chi connectivity index (χ1n) is 9.52. The number of carboxylic acid groups (broad SMARTS) is 1. The first-order chi connectivity index (χ1) is 13.9. The van der Waals surface area contributed by atoms with Gasteiger partial charge in [-0.2, -0.15) is 0 Å². The zero-order valence-corrected chi connectivity index (χ0v) is 16.4. The number of rotatable bonds is 6. The molecule has 0 fully saturated rings. The number of aliphatic carboxylic acids is 1. The zero-order chi connectivity index (χ0) is 21.0. The lowest BCUT2D eigenvalue weighted by Crippen LogP contribution is -2.41. The lowest BCUT2D eigenvalue weighted by Gasteiger charge is -2.37. The number of fused-ring (bicyclic) bond motifs is 1. The van der Waals surface area contributed by atoms with Gasteiger partial charge in [0.05, 0.1) is 12.6 Å². The average molecular weight is 401 g/mol. The third-order valence-electron chi connectivity index (χ3n) is 4.68. The van der Waals surface area contributed by atoms with Crippen molar-refractivity contribution in [3.05, 3.63) is 65.0 Å². The Labute approximate surface area is 168 Å². The highest BCUT2D eigenvalue weighted by atomic mass is 19.1. The lowest BCUT2D eigenvalue weighted by atomic mass is 9.88. The molecule has 0 radical (unpaired) electrons. The summed E-state index contributed by atoms with van der Waals surface area (Å²) < 4.78 is 25.0. The molecule has 6 nitrogen and oxygen atoms in total. The molecule has 1 aliphatic rings. The summed E-state index contributed by atoms with van der Waals surface area (Å²) in [4.78, 5) is 25.3. The molecule has 0 spiro atoms. The summed E-state index contributed by atoms with van der Waals surface area (Å²) in [6.07, 6.45) is 0.149. The molecule has 1 N–H and O–H groups in total. The van der Waals surface area contributed by atoms with E-state index in [1.807, 2.05) is 38.1 Å². The van der Waals surface area contributed by atoms with Gasteiger partial charge in [0.2, 0.25) is 0 Å². The van der Waals surface area contributed by atoms with Crippen LogP contribution in [-0.4, -0.2) is 41.8 Å². The second kappa shape index (κ2) is 8.94. The number of amides is 1. The number of carbonyl (C=O) groups excluding carboxylic acids is 1. The molecule has 0 aromatic heterocycles. The van der Waals surface area contributed by atoms with E-state index in [-0.39, 0.29) is 18.3 Å². The van der Waals surface area contributed by atoms with Gasteiger partial charge in [-0.25, -0.2) is 14.0 Å². The number of hydrogen-bond acceptors (Lipinski definition) is 4. The second-order valence-corrected chi connectivity index (χ2v) is 7.38. The Morgan fingerprint density at radius 1 is 1.21 bits per heavy atom. The molecule has 0 bridgehead atoms. The number of halogens is 1. The Bertz CT molecular complexity index is 899. The minimum Gasteiger partial charge on any atom is -0.482 e. The van der Waals surface area contributed by atoms with Crippen LogP contribution in [0.2, 0.25) is 0 Å². The molecule has 2 aromatic carbocycles. The number of hydrogen-bond donors (Lipinski definition) is 1. The molecule has 154 valence electrons. The van der Waals surface area contributed by atoms with E-state index < -0.39 is 30.5 Å². The van der Waals surface area contributed by atoms with Crippen LogP contribution < -0.4 is 4.74 Å². The maximum atomic E-state index is 14.2. The van der Waals surface area contributed by atoms with E-state index in [4.69, 9.17) is 14.6 Å². The normalized spacial score (nSPS) is 15.7. The fraction of sp³-hybridized carbons (Fsp3) is 0.364. The summed E-state index contributed by atoms with van der Waals surface area (Å²) >= 11 is 0. The van der Waals surface area contributed by atoms with E-state index in [1.165, 1.54) is 18.2 Å². The third kappa shape index (κ3) is 4.85. The van der Waals surface area contributed by atoms with Crippen LogP contribution in [0.1, 0.15) is 36.6 Å². The molecule has 0 aliphatic carbocycles. The highest BCUT2D eigenvalue weighted by Crippen LogP contribution is 2.40. The van der Waals surface area contributed by atoms with Crippen molar-refractivity contribution in [3.63, 3.8) is 0 Å². The van der Waals surface area contributed by atoms with Crippen molar-refractivity contribution in [3.8, 4) is 5.75 Å². The minimum atomic E-state index is -1.14. The molecule has 1 unspecified atom stereocenters. The van der Waals surface area contributed by atoms with Gasteiger partial charge in [-0.3, -0.25) is 4.90 Å². The summed E-state index contributed by atoms with van der Waals surface area (Å²) in [5.74, 6) is -1.24. The fourth-order valence-corrected chi connectivity index (χ4v) is 3.42. The highest BCUT2D eigenvalue weighted by Gasteiger charge is 2.35. The number of nitrogens with zero attached hydrogens (tertiary/aromatic N) is 1. The van der Waals surface area contributed by atoms with E-state index in [0.29, 0.717) is 18.5 Å². The Kier molecular flexibility index (Phi) is 6.36. The van der Waals surface area contributed by atoms with Crippen LogP contribution in [0.3, 0.4) is 0 Å². The van der Waals surface area contributed by atoms with Crippen LogP contribution >= 0.6 is 0 Å². The van der Waals surface area contributed by atoms with Gasteiger partial charge < -0.3 is 14.6 Å². The molecule has 7 heteroatoms. The molecule has 3 rings (SSSR count). The Balaban J connectivity index is 2.05. The summed E-state index contributed by atoms with van der Waals surface area (Å²) in [5, 5.41) is 8.97. The van der Waals surface area contributed by atoms with Crippen molar-refractivity contribution in [2.75, 3.05) is 19.8 Å². The van der Waals surface area contributed by atoms with Gasteiger partial charge in [-0.15, -0.1) is 0 Å². The maximum absolute atomic E-state index is 14.2. The van der Waals surface area contributed by atoms with Crippen molar-refractivity contribution in [2.24, 2.45) is 5.92 Å². The lowest BCUT2D eigenvalue weighted by molar-refractivity contribution is -0.139. The molecular weight excluding hydrogens is 377 g/mol. The number of carboxylic acids is 1. The van der Waals surface area contributed by atoms with Crippen molar-refractivity contribution in [1.82, 2.24) is 4.90 Å². The third-order valence-corrected chi connectivity index (χ3v) is 4.68. The molecule has 1 aliphatic heterocycles. The van der Waals surface area contributed by atoms with E-state index in [1.54, 1.807) is 4.90 Å². The predicted octanol–water partition coefficient (Wildman–Crippen LogP) is 4.03. The number of ether oxygens (including phenoxy) is 2. The highest BCUT2D eigenvalue weighted by molar-refractivity contribution is 5.71. The topological polar surface area (TPSA) is 76.1 Å². The van der Waals surface area contributed by atoms with E-state index in [2.05, 4.69) is 0 Å². The van der Waals surface area contributed by atoms with E-state index >= 15 is 0 Å². The van der Waals surface area contributed by atoms with Gasteiger partial charge in [-0.05, 0) is 41.7 Å². The Morgan fingerprint density at radius 3 is 2.69 bits per heavy atom. The SMILES string of the molecule is CC(C)COC(=O)N1CCc2ccccc2C1c1cc(F)ccc1OCC(=O)O. The van der Waals surface area contributed by atoms with Gasteiger partial charge in [0.15, 0.2) is 6.61 Å². The van der Waals surface area contributed by atoms with Crippen molar-refractivity contribution in [2.45, 2.75) is 26.3 Å². The first kappa shape index (κ1) is 20.6. The molecule has 1 atom stereocenters. The largest absolute Gasteiger partial charge is 0.482 e. The average Bonchev–Trinajstić information content (AvgIpc) is 2.70. The molecule has 2 aromatic rings. The summed E-state index contributed by atoms with van der Waals surface area (Å²) in [5.41, 5.74) is 2.27. The monoisotopic (exact) mass is 401 g/mol. The number of benzene rings is 2. The van der Waals surface area contributed by atoms with Crippen LogP contribution in [0.25, 0.3) is 0 Å². The maximum Gasteiger partial charge on any atom is 0.410 e. The second-order valence-electron chi connectivity index (χ2n) is 7.38. The van der Waals surface area contributed by atoms with Crippen LogP contribution in [0.5, 0.6) is 5.75 Å². The fourth-order valence-electron chi connectivity index (χ4n) is 3.42. The smallest absolute Gasteiger partial charge is 0.410 e. The quantitative estimate of drug-likeness (QED) is 0.791. The van der Waals surface area contributed by atoms with Crippen LogP contribution in [0, 0.1) is 11.7 Å². The summed E-state index contributed by atoms with van der Waals surface area (Å²) in [6, 6.07) is 10.9. The van der Waals surface area contributed by atoms with Crippen molar-refractivity contribution < 1.29 is 28.6 Å². The molecule has 1 heterocycles. The Hall–Kier alpha value is -3.09. The summed E-state index contributed by atoms with van der Waals surface area (Å²) in [7, 11) is 0. The van der Waals surface area contributed by atoms with Crippen LogP contribution in [0.4, 0.5) is 9.18 Å². The van der Waals surface area contributed by atoms with E-state index in [0.717, 1.165) is 11.1 Å². The van der Waals surface area contributed by atoms with Gasteiger partial charge in [-0.1, -0.05) is 38.1 Å². The molecule has 29 heavy (non-hydrogen) atoms. The molecule has 0 saturated carbocycles. The Morgan fingerprint density at radius 2 is 1.97 bits per heavy atom. The number of carbonyl (C=O) groups is 2. The molecule has 1 amide bonds. The van der Waals surface area contributed by atoms with Crippen molar-refractivity contribution >= 4 is 12.1 Å². The van der Waals surface area contributed by atoms with Gasteiger partial charge in [0.1, 0.15) is 11.6 Å².